The molecular formula is C41H30N8O9S2. The van der Waals surface area contributed by atoms with Gasteiger partial charge in [-0.25, -0.2) is 14.8 Å². The lowest BCUT2D eigenvalue weighted by Crippen LogP contribution is -2.19. The van der Waals surface area contributed by atoms with Gasteiger partial charge in [-0.3, -0.25) is 18.7 Å². The van der Waals surface area contributed by atoms with E-state index in [0.717, 1.165) is 22.3 Å². The van der Waals surface area contributed by atoms with Crippen LogP contribution in [-0.4, -0.2) is 63.7 Å². The lowest BCUT2D eigenvalue weighted by molar-refractivity contribution is 0.101. The summed E-state index contributed by atoms with van der Waals surface area (Å²) in [6.07, 6.45) is 0. The van der Waals surface area contributed by atoms with Crippen molar-refractivity contribution in [3.05, 3.63) is 145 Å². The van der Waals surface area contributed by atoms with Crippen LogP contribution in [0.5, 0.6) is 0 Å². The number of hydrogen-bond acceptors (Lipinski definition) is 9. The number of anilines is 4. The minimum Gasteiger partial charge on any atom is -0.334 e. The number of imidazole rings is 2. The molecule has 0 atom stereocenters. The van der Waals surface area contributed by atoms with Crippen molar-refractivity contribution >= 4 is 82.9 Å². The lowest BCUT2D eigenvalue weighted by Gasteiger charge is -2.10. The molecule has 0 saturated carbocycles. The topological polar surface area (TPSA) is 265 Å². The molecule has 0 saturated heterocycles. The SMILES string of the molecule is O=C(Nc1ccc(-c2ccc3nc(C(=O)Nc4ccc(S(=O)(=O)O)cc4)[nH]c3c2)cc1)Nc1ccc(-c2ccc3nc(C(=O)Nc4ccc(S(=O)(=O)O)cc4)[nH]c3c2)cc1. The fourth-order valence-electron chi connectivity index (χ4n) is 6.18. The fraction of sp³-hybridized carbons (Fsp3) is 0. The van der Waals surface area contributed by atoms with Crippen LogP contribution in [0.15, 0.2) is 143 Å². The third kappa shape index (κ3) is 8.73. The maximum Gasteiger partial charge on any atom is 0.323 e. The number of amides is 4. The van der Waals surface area contributed by atoms with E-state index in [1.807, 2.05) is 48.5 Å². The van der Waals surface area contributed by atoms with E-state index in [0.29, 0.717) is 44.8 Å². The second kappa shape index (κ2) is 15.6. The van der Waals surface area contributed by atoms with Crippen LogP contribution in [0.4, 0.5) is 27.5 Å². The van der Waals surface area contributed by atoms with Gasteiger partial charge in [0, 0.05) is 22.7 Å². The molecular weight excluding hydrogens is 813 g/mol. The molecule has 2 aromatic heterocycles. The van der Waals surface area contributed by atoms with Gasteiger partial charge in [-0.2, -0.15) is 16.8 Å². The summed E-state index contributed by atoms with van der Waals surface area (Å²) in [4.78, 5) is 52.6. The number of hydrogen-bond donors (Lipinski definition) is 8. The quantitative estimate of drug-likeness (QED) is 0.0628. The number of H-pyrrole nitrogens is 2. The molecule has 0 radical (unpaired) electrons. The van der Waals surface area contributed by atoms with Gasteiger partial charge in [0.1, 0.15) is 0 Å². The van der Waals surface area contributed by atoms with Crippen molar-refractivity contribution < 1.29 is 40.3 Å². The molecule has 0 fully saturated rings. The molecule has 8 aromatic rings. The molecule has 6 aromatic carbocycles. The minimum absolute atomic E-state index is 0.0459. The van der Waals surface area contributed by atoms with Crippen LogP contribution in [0.3, 0.4) is 0 Å². The minimum atomic E-state index is -4.36. The highest BCUT2D eigenvalue weighted by Gasteiger charge is 2.16. The summed E-state index contributed by atoms with van der Waals surface area (Å²) in [7, 11) is -8.72. The number of benzene rings is 6. The van der Waals surface area contributed by atoms with E-state index in [2.05, 4.69) is 41.2 Å². The van der Waals surface area contributed by atoms with Gasteiger partial charge in [0.15, 0.2) is 11.6 Å². The molecule has 0 spiro atoms. The predicted molar refractivity (Wildman–Crippen MR) is 224 cm³/mol. The number of fused-ring (bicyclic) bond motifs is 2. The Balaban J connectivity index is 0.859. The zero-order valence-electron chi connectivity index (χ0n) is 30.7. The maximum atomic E-state index is 12.9. The van der Waals surface area contributed by atoms with Crippen molar-refractivity contribution in [2.75, 3.05) is 21.3 Å². The van der Waals surface area contributed by atoms with Gasteiger partial charge in [0.25, 0.3) is 32.1 Å². The molecule has 8 rings (SSSR count). The number of rotatable bonds is 10. The first-order valence-electron chi connectivity index (χ1n) is 17.7. The molecule has 0 aliphatic carbocycles. The van der Waals surface area contributed by atoms with Gasteiger partial charge < -0.3 is 31.2 Å². The Bertz CT molecular complexity index is 2970. The number of urea groups is 1. The second-order valence-electron chi connectivity index (χ2n) is 13.3. The first-order chi connectivity index (χ1) is 28.6. The molecule has 19 heteroatoms. The average Bonchev–Trinajstić information content (AvgIpc) is 3.86. The molecule has 60 heavy (non-hydrogen) atoms. The molecule has 4 amide bonds. The Morgan fingerprint density at radius 3 is 1.10 bits per heavy atom. The zero-order valence-corrected chi connectivity index (χ0v) is 32.3. The number of aromatic nitrogens is 4. The summed E-state index contributed by atoms with van der Waals surface area (Å²) < 4.78 is 63.4. The first kappa shape index (κ1) is 39.1. The Kier molecular flexibility index (Phi) is 10.2. The molecule has 300 valence electrons. The van der Waals surface area contributed by atoms with Gasteiger partial charge in [0.05, 0.1) is 31.9 Å². The highest BCUT2D eigenvalue weighted by Crippen LogP contribution is 2.28. The average molecular weight is 843 g/mol. The Morgan fingerprint density at radius 1 is 0.433 bits per heavy atom. The highest BCUT2D eigenvalue weighted by atomic mass is 32.2. The van der Waals surface area contributed by atoms with Crippen molar-refractivity contribution in [1.82, 2.24) is 19.9 Å². The van der Waals surface area contributed by atoms with E-state index in [1.165, 1.54) is 48.5 Å². The van der Waals surface area contributed by atoms with E-state index in [4.69, 9.17) is 9.11 Å². The van der Waals surface area contributed by atoms with Crippen LogP contribution in [0.1, 0.15) is 21.2 Å². The monoisotopic (exact) mass is 842 g/mol. The molecule has 0 bridgehead atoms. The lowest BCUT2D eigenvalue weighted by atomic mass is 10.0. The van der Waals surface area contributed by atoms with Gasteiger partial charge in [-0.15, -0.1) is 0 Å². The number of carbonyl (C=O) groups is 3. The number of nitrogens with one attached hydrogen (secondary N) is 6. The van der Waals surface area contributed by atoms with E-state index in [9.17, 15) is 31.2 Å². The van der Waals surface area contributed by atoms with E-state index in [-0.39, 0.29) is 21.4 Å². The summed E-state index contributed by atoms with van der Waals surface area (Å²) in [6, 6.07) is 34.9. The maximum absolute atomic E-state index is 12.9. The fourth-order valence-corrected chi connectivity index (χ4v) is 7.14. The van der Waals surface area contributed by atoms with E-state index >= 15 is 0 Å². The third-order valence-corrected chi connectivity index (χ3v) is 10.9. The first-order valence-corrected chi connectivity index (χ1v) is 20.6. The van der Waals surface area contributed by atoms with E-state index in [1.54, 1.807) is 36.4 Å². The molecule has 0 unspecified atom stereocenters. The van der Waals surface area contributed by atoms with Crippen LogP contribution in [0, 0.1) is 0 Å². The summed E-state index contributed by atoms with van der Waals surface area (Å²) in [6.45, 7) is 0. The van der Waals surface area contributed by atoms with Crippen molar-refractivity contribution in [3.63, 3.8) is 0 Å². The molecule has 17 nitrogen and oxygen atoms in total. The van der Waals surface area contributed by atoms with Crippen molar-refractivity contribution in [2.45, 2.75) is 9.79 Å². The van der Waals surface area contributed by atoms with Gasteiger partial charge in [-0.1, -0.05) is 36.4 Å². The summed E-state index contributed by atoms with van der Waals surface area (Å²) in [5.41, 5.74) is 7.40. The van der Waals surface area contributed by atoms with E-state index < -0.39 is 38.1 Å². The van der Waals surface area contributed by atoms with Crippen LogP contribution in [0.25, 0.3) is 44.3 Å². The summed E-state index contributed by atoms with van der Waals surface area (Å²) in [5.74, 6) is -0.993. The number of carbonyl (C=O) groups excluding carboxylic acids is 3. The normalized spacial score (nSPS) is 11.6. The van der Waals surface area contributed by atoms with Crippen molar-refractivity contribution in [1.29, 1.82) is 0 Å². The predicted octanol–water partition coefficient (Wildman–Crippen LogP) is 7.42. The largest absolute Gasteiger partial charge is 0.334 e. The van der Waals surface area contributed by atoms with Gasteiger partial charge >= 0.3 is 6.03 Å². The second-order valence-corrected chi connectivity index (χ2v) is 16.1. The summed E-state index contributed by atoms with van der Waals surface area (Å²) >= 11 is 0. The van der Waals surface area contributed by atoms with Crippen LogP contribution >= 0.6 is 0 Å². The zero-order chi connectivity index (χ0) is 42.2. The Hall–Kier alpha value is -7.71. The molecule has 2 heterocycles. The number of aromatic amines is 2. The molecule has 8 N–H and O–H groups in total. The van der Waals surface area contributed by atoms with Crippen molar-refractivity contribution in [3.8, 4) is 22.3 Å². The smallest absolute Gasteiger partial charge is 0.323 e. The van der Waals surface area contributed by atoms with Crippen LogP contribution in [-0.2, 0) is 20.2 Å². The van der Waals surface area contributed by atoms with Crippen LogP contribution < -0.4 is 21.3 Å². The third-order valence-electron chi connectivity index (χ3n) is 9.17. The highest BCUT2D eigenvalue weighted by molar-refractivity contribution is 7.86. The van der Waals surface area contributed by atoms with Crippen molar-refractivity contribution in [2.24, 2.45) is 0 Å². The Morgan fingerprint density at radius 2 is 0.750 bits per heavy atom. The molecule has 0 aliphatic heterocycles. The molecule has 0 aliphatic rings. The standard InChI is InChI=1S/C41H30N8O9S2/c50-39(42-27-11-15-31(16-12-27)59(53,54)55)37-46-33-19-5-25(21-35(33)48-37)23-1-7-29(8-2-23)44-41(52)45-30-9-3-24(4-10-30)26-6-20-34-36(22-26)49-38(47-34)40(51)43-28-13-17-32(18-14-28)60(56,57)58/h1-22H,(H,42,50)(H,43,51)(H,46,48)(H,47,49)(H2,44,45,52)(H,53,54,55)(H,56,57,58). The van der Waals surface area contributed by atoms with Crippen LogP contribution in [0.2, 0.25) is 0 Å². The van der Waals surface area contributed by atoms with Gasteiger partial charge in [0.2, 0.25) is 0 Å². The number of nitrogens with zero attached hydrogens (tertiary/aromatic N) is 2. The Labute approximate surface area is 340 Å². The van der Waals surface area contributed by atoms with Gasteiger partial charge in [-0.05, 0) is 119 Å². The summed E-state index contributed by atoms with van der Waals surface area (Å²) in [5, 5.41) is 10.9.